The van der Waals surface area contributed by atoms with E-state index in [4.69, 9.17) is 5.84 Å². The summed E-state index contributed by atoms with van der Waals surface area (Å²) in [5.74, 6) is 4.28. The van der Waals surface area contributed by atoms with Gasteiger partial charge in [-0.25, -0.2) is 10.5 Å². The molecule has 21 heavy (non-hydrogen) atoms. The van der Waals surface area contributed by atoms with Crippen molar-refractivity contribution in [2.24, 2.45) is 5.84 Å². The Labute approximate surface area is 120 Å². The average Bonchev–Trinajstić information content (AvgIpc) is 2.95. The molecule has 0 aromatic carbocycles. The van der Waals surface area contributed by atoms with E-state index in [1.807, 2.05) is 12.3 Å². The highest BCUT2D eigenvalue weighted by atomic mass is 16.2. The summed E-state index contributed by atoms with van der Waals surface area (Å²) in [7, 11) is 0. The lowest BCUT2D eigenvalue weighted by molar-refractivity contribution is -0.150. The van der Waals surface area contributed by atoms with Crippen molar-refractivity contribution in [3.63, 3.8) is 0 Å². The molecule has 1 saturated heterocycles. The van der Waals surface area contributed by atoms with Gasteiger partial charge in [-0.15, -0.1) is 5.10 Å². The second-order valence-electron chi connectivity index (χ2n) is 4.56. The molecule has 10 nitrogen and oxygen atoms in total. The molecule has 1 fully saturated rings. The van der Waals surface area contributed by atoms with Gasteiger partial charge < -0.3 is 9.80 Å². The van der Waals surface area contributed by atoms with Gasteiger partial charge in [-0.05, 0) is 6.92 Å². The zero-order chi connectivity index (χ0) is 15.4. The summed E-state index contributed by atoms with van der Waals surface area (Å²) in [6.45, 7) is 3.20. The van der Waals surface area contributed by atoms with Gasteiger partial charge in [0.15, 0.2) is 5.69 Å². The van der Waals surface area contributed by atoms with Crippen molar-refractivity contribution in [1.82, 2.24) is 30.2 Å². The normalized spacial score (nSPS) is 15.5. The van der Waals surface area contributed by atoms with Crippen LogP contribution in [0.15, 0.2) is 6.20 Å². The number of hydrogen-bond acceptors (Lipinski definition) is 6. The Morgan fingerprint density at radius 3 is 2.62 bits per heavy atom. The second kappa shape index (κ2) is 6.31. The first kappa shape index (κ1) is 14.9. The van der Waals surface area contributed by atoms with Crippen molar-refractivity contribution in [2.75, 3.05) is 26.2 Å². The Kier molecular flexibility index (Phi) is 4.48. The van der Waals surface area contributed by atoms with Crippen LogP contribution in [0.3, 0.4) is 0 Å². The van der Waals surface area contributed by atoms with Crippen LogP contribution in [0.4, 0.5) is 0 Å². The molecule has 0 spiro atoms. The summed E-state index contributed by atoms with van der Waals surface area (Å²) < 4.78 is 1.43. The van der Waals surface area contributed by atoms with E-state index in [-0.39, 0.29) is 30.6 Å². The van der Waals surface area contributed by atoms with Crippen LogP contribution in [-0.2, 0) is 16.1 Å². The van der Waals surface area contributed by atoms with Crippen LogP contribution < -0.4 is 11.3 Å². The Bertz CT molecular complexity index is 556. The van der Waals surface area contributed by atoms with Crippen LogP contribution in [0, 0.1) is 0 Å². The molecule has 1 aromatic rings. The molecule has 3 N–H and O–H groups in total. The van der Waals surface area contributed by atoms with Crippen LogP contribution in [0.2, 0.25) is 0 Å². The van der Waals surface area contributed by atoms with Gasteiger partial charge in [0, 0.05) is 13.1 Å². The SMILES string of the molecule is CCN1CC(=O)N(CCn2cc(C(=O)NN)nn2)CC1=O. The Morgan fingerprint density at radius 2 is 1.95 bits per heavy atom. The van der Waals surface area contributed by atoms with E-state index in [0.29, 0.717) is 19.6 Å². The number of nitrogen functional groups attached to an aromatic ring is 1. The quantitative estimate of drug-likeness (QED) is 0.353. The van der Waals surface area contributed by atoms with Crippen molar-refractivity contribution >= 4 is 17.7 Å². The van der Waals surface area contributed by atoms with Gasteiger partial charge in [0.1, 0.15) is 0 Å². The van der Waals surface area contributed by atoms with Gasteiger partial charge in [0.05, 0.1) is 25.8 Å². The number of rotatable bonds is 5. The third-order valence-corrected chi connectivity index (χ3v) is 3.24. The highest BCUT2D eigenvalue weighted by Gasteiger charge is 2.28. The van der Waals surface area contributed by atoms with Gasteiger partial charge in [-0.1, -0.05) is 5.21 Å². The van der Waals surface area contributed by atoms with Crippen LogP contribution in [0.25, 0.3) is 0 Å². The molecule has 0 saturated carbocycles. The molecule has 3 amide bonds. The number of nitrogens with two attached hydrogens (primary N) is 1. The minimum Gasteiger partial charge on any atom is -0.332 e. The highest BCUT2D eigenvalue weighted by Crippen LogP contribution is 2.05. The average molecular weight is 295 g/mol. The molecule has 0 bridgehead atoms. The molecule has 0 unspecified atom stereocenters. The van der Waals surface area contributed by atoms with E-state index in [9.17, 15) is 14.4 Å². The first-order valence-corrected chi connectivity index (χ1v) is 6.51. The van der Waals surface area contributed by atoms with E-state index >= 15 is 0 Å². The van der Waals surface area contributed by atoms with E-state index < -0.39 is 5.91 Å². The number of likely N-dealkylation sites (N-methyl/N-ethyl adjacent to an activating group) is 1. The molecule has 10 heteroatoms. The van der Waals surface area contributed by atoms with Gasteiger partial charge in [0.25, 0.3) is 5.91 Å². The molecular formula is C11H17N7O3. The molecule has 0 atom stereocenters. The molecule has 1 aliphatic rings. The topological polar surface area (TPSA) is 126 Å². The number of hydrogen-bond donors (Lipinski definition) is 2. The first-order valence-electron chi connectivity index (χ1n) is 6.51. The Hall–Kier alpha value is -2.49. The Morgan fingerprint density at radius 1 is 1.29 bits per heavy atom. The smallest absolute Gasteiger partial charge is 0.287 e. The monoisotopic (exact) mass is 295 g/mol. The lowest BCUT2D eigenvalue weighted by Crippen LogP contribution is -2.54. The molecule has 2 heterocycles. The number of piperazine rings is 1. The van der Waals surface area contributed by atoms with Gasteiger partial charge in [0.2, 0.25) is 11.8 Å². The van der Waals surface area contributed by atoms with Crippen molar-refractivity contribution in [3.05, 3.63) is 11.9 Å². The molecule has 0 radical (unpaired) electrons. The summed E-state index contributed by atoms with van der Waals surface area (Å²) in [6, 6.07) is 0. The standard InChI is InChI=1S/C11H17N7O3/c1-2-16-6-10(20)17(7-9(16)19)3-4-18-5-8(14-15-18)11(21)13-12/h5H,2-4,6-7,12H2,1H3,(H,13,21). The van der Waals surface area contributed by atoms with Gasteiger partial charge in [-0.3, -0.25) is 19.8 Å². The number of nitrogens with zero attached hydrogens (tertiary/aromatic N) is 5. The molecule has 1 aromatic heterocycles. The van der Waals surface area contributed by atoms with Gasteiger partial charge in [-0.2, -0.15) is 0 Å². The predicted molar refractivity (Wildman–Crippen MR) is 70.5 cm³/mol. The maximum Gasteiger partial charge on any atom is 0.287 e. The van der Waals surface area contributed by atoms with Crippen molar-refractivity contribution in [1.29, 1.82) is 0 Å². The fourth-order valence-electron chi connectivity index (χ4n) is 2.00. The van der Waals surface area contributed by atoms with Crippen LogP contribution in [0.5, 0.6) is 0 Å². The summed E-state index contributed by atoms with van der Waals surface area (Å²) in [5, 5.41) is 7.41. The van der Waals surface area contributed by atoms with E-state index in [2.05, 4.69) is 10.3 Å². The molecule has 0 aliphatic carbocycles. The lowest BCUT2D eigenvalue weighted by Gasteiger charge is -2.33. The minimum atomic E-state index is -0.538. The lowest BCUT2D eigenvalue weighted by atomic mass is 10.3. The second-order valence-corrected chi connectivity index (χ2v) is 4.56. The number of hydrazine groups is 1. The fraction of sp³-hybridized carbons (Fsp3) is 0.545. The largest absolute Gasteiger partial charge is 0.332 e. The summed E-state index contributed by atoms with van der Waals surface area (Å²) in [6.07, 6.45) is 1.43. The van der Waals surface area contributed by atoms with E-state index in [0.717, 1.165) is 0 Å². The number of nitrogens with one attached hydrogen (secondary N) is 1. The van der Waals surface area contributed by atoms with Crippen molar-refractivity contribution < 1.29 is 14.4 Å². The summed E-state index contributed by atoms with van der Waals surface area (Å²) in [5.41, 5.74) is 2.05. The van der Waals surface area contributed by atoms with E-state index in [1.54, 1.807) is 0 Å². The minimum absolute atomic E-state index is 0.0670. The number of carbonyl (C=O) groups excluding carboxylic acids is 3. The number of amides is 3. The summed E-state index contributed by atoms with van der Waals surface area (Å²) in [4.78, 5) is 37.9. The van der Waals surface area contributed by atoms with Crippen LogP contribution in [0.1, 0.15) is 17.4 Å². The Balaban J connectivity index is 1.91. The van der Waals surface area contributed by atoms with E-state index in [1.165, 1.54) is 20.7 Å². The number of aromatic nitrogens is 3. The van der Waals surface area contributed by atoms with Crippen LogP contribution >= 0.6 is 0 Å². The maximum atomic E-state index is 11.9. The third-order valence-electron chi connectivity index (χ3n) is 3.24. The fourth-order valence-corrected chi connectivity index (χ4v) is 2.00. The zero-order valence-corrected chi connectivity index (χ0v) is 11.7. The van der Waals surface area contributed by atoms with Gasteiger partial charge >= 0.3 is 0 Å². The third kappa shape index (κ3) is 3.34. The molecular weight excluding hydrogens is 278 g/mol. The maximum absolute atomic E-state index is 11.9. The zero-order valence-electron chi connectivity index (χ0n) is 11.7. The predicted octanol–water partition coefficient (Wildman–Crippen LogP) is -2.43. The summed E-state index contributed by atoms with van der Waals surface area (Å²) >= 11 is 0. The molecule has 2 rings (SSSR count). The number of carbonyl (C=O) groups is 3. The van der Waals surface area contributed by atoms with Crippen molar-refractivity contribution in [3.8, 4) is 0 Å². The first-order chi connectivity index (χ1) is 10.0. The highest BCUT2D eigenvalue weighted by molar-refractivity contribution is 5.92. The molecule has 114 valence electrons. The molecule has 1 aliphatic heterocycles. The van der Waals surface area contributed by atoms with Crippen LogP contribution in [-0.4, -0.2) is 68.7 Å². The van der Waals surface area contributed by atoms with Crippen molar-refractivity contribution in [2.45, 2.75) is 13.5 Å².